The zero-order valence-corrected chi connectivity index (χ0v) is 7.29. The van der Waals surface area contributed by atoms with Crippen LogP contribution in [0.1, 0.15) is 23.2 Å². The second-order valence-corrected chi connectivity index (χ2v) is 3.16. The lowest BCUT2D eigenvalue weighted by Crippen LogP contribution is -2.35. The molecule has 0 radical (unpaired) electrons. The zero-order chi connectivity index (χ0) is 9.42. The lowest BCUT2D eigenvalue weighted by Gasteiger charge is -2.20. The molecule has 1 aromatic rings. The summed E-state index contributed by atoms with van der Waals surface area (Å²) >= 11 is 0. The maximum Gasteiger partial charge on any atom is 0.257 e. The number of rotatable bonds is 0. The van der Waals surface area contributed by atoms with Crippen LogP contribution in [0.4, 0.5) is 0 Å². The van der Waals surface area contributed by atoms with Crippen molar-refractivity contribution in [3.63, 3.8) is 0 Å². The first-order chi connectivity index (χ1) is 6.18. The van der Waals surface area contributed by atoms with Gasteiger partial charge < -0.3 is 15.4 Å². The van der Waals surface area contributed by atoms with Crippen molar-refractivity contribution < 1.29 is 5.11 Å². The molecule has 0 aliphatic carbocycles. The molecule has 0 saturated carbocycles. The van der Waals surface area contributed by atoms with E-state index in [0.29, 0.717) is 30.2 Å². The van der Waals surface area contributed by atoms with Crippen molar-refractivity contribution in [1.82, 2.24) is 15.3 Å². The highest BCUT2D eigenvalue weighted by molar-refractivity contribution is 5.22. The van der Waals surface area contributed by atoms with Crippen molar-refractivity contribution in [3.8, 4) is 0 Å². The quantitative estimate of drug-likeness (QED) is 0.490. The third-order valence-corrected chi connectivity index (χ3v) is 2.12. The first-order valence-electron chi connectivity index (χ1n) is 4.17. The third kappa shape index (κ3) is 1.36. The summed E-state index contributed by atoms with van der Waals surface area (Å²) in [5.41, 5.74) is 0.834. The van der Waals surface area contributed by atoms with Gasteiger partial charge in [0.2, 0.25) is 0 Å². The van der Waals surface area contributed by atoms with E-state index in [1.54, 1.807) is 6.92 Å². The molecule has 0 fully saturated rings. The van der Waals surface area contributed by atoms with Gasteiger partial charge in [0.1, 0.15) is 5.82 Å². The second-order valence-electron chi connectivity index (χ2n) is 3.16. The molecule has 0 bridgehead atoms. The van der Waals surface area contributed by atoms with E-state index in [1.807, 2.05) is 0 Å². The molecule has 2 heterocycles. The number of hydrogen-bond donors (Lipinski definition) is 3. The first-order valence-corrected chi connectivity index (χ1v) is 4.17. The normalized spacial score (nSPS) is 21.2. The van der Waals surface area contributed by atoms with Gasteiger partial charge in [0.05, 0.1) is 17.4 Å². The van der Waals surface area contributed by atoms with Crippen molar-refractivity contribution in [3.05, 3.63) is 27.4 Å². The van der Waals surface area contributed by atoms with E-state index in [9.17, 15) is 9.90 Å². The van der Waals surface area contributed by atoms with Gasteiger partial charge in [0.15, 0.2) is 0 Å². The van der Waals surface area contributed by atoms with Gasteiger partial charge in [-0.25, -0.2) is 4.98 Å². The topological polar surface area (TPSA) is 78.0 Å². The monoisotopic (exact) mass is 181 g/mol. The average molecular weight is 181 g/mol. The Balaban J connectivity index is 2.63. The Kier molecular flexibility index (Phi) is 1.90. The Hall–Kier alpha value is -1.20. The minimum absolute atomic E-state index is 0.225. The summed E-state index contributed by atoms with van der Waals surface area (Å²) in [7, 11) is 0. The molecule has 5 nitrogen and oxygen atoms in total. The number of β-amino-alcohol motifs (C(OH)–C–C–N with tert-alkyl or cyclic N) is 1. The van der Waals surface area contributed by atoms with Crippen molar-refractivity contribution in [2.45, 2.75) is 19.6 Å². The molecule has 70 valence electrons. The Labute approximate surface area is 74.8 Å². The summed E-state index contributed by atoms with van der Waals surface area (Å²) in [5, 5.41) is 12.5. The number of aromatic amines is 1. The van der Waals surface area contributed by atoms with Gasteiger partial charge in [-0.3, -0.25) is 4.79 Å². The molecule has 1 aromatic heterocycles. The summed E-state index contributed by atoms with van der Waals surface area (Å²) in [4.78, 5) is 18.1. The first kappa shape index (κ1) is 8.40. The van der Waals surface area contributed by atoms with Crippen molar-refractivity contribution >= 4 is 0 Å². The lowest BCUT2D eigenvalue weighted by molar-refractivity contribution is 0.162. The highest BCUT2D eigenvalue weighted by Gasteiger charge is 2.22. The van der Waals surface area contributed by atoms with Crippen molar-refractivity contribution in [2.75, 3.05) is 6.54 Å². The molecule has 2 rings (SSSR count). The molecule has 5 heteroatoms. The van der Waals surface area contributed by atoms with Crippen molar-refractivity contribution in [1.29, 1.82) is 0 Å². The minimum Gasteiger partial charge on any atom is -0.387 e. The van der Waals surface area contributed by atoms with Gasteiger partial charge in [0, 0.05) is 13.1 Å². The number of hydrogen-bond acceptors (Lipinski definition) is 4. The summed E-state index contributed by atoms with van der Waals surface area (Å²) in [6.45, 7) is 2.70. The lowest BCUT2D eigenvalue weighted by atomic mass is 10.1. The van der Waals surface area contributed by atoms with Gasteiger partial charge in [-0.2, -0.15) is 0 Å². The molecule has 1 unspecified atom stereocenters. The predicted molar refractivity (Wildman–Crippen MR) is 46.3 cm³/mol. The molecular formula is C8H11N3O2. The summed E-state index contributed by atoms with van der Waals surface area (Å²) in [6.07, 6.45) is -0.736. The van der Waals surface area contributed by atoms with Crippen LogP contribution in [-0.2, 0) is 6.54 Å². The van der Waals surface area contributed by atoms with E-state index < -0.39 is 6.10 Å². The van der Waals surface area contributed by atoms with E-state index >= 15 is 0 Å². The van der Waals surface area contributed by atoms with E-state index in [4.69, 9.17) is 0 Å². The van der Waals surface area contributed by atoms with Gasteiger partial charge in [-0.1, -0.05) is 0 Å². The largest absolute Gasteiger partial charge is 0.387 e. The number of nitrogens with zero attached hydrogens (tertiary/aromatic N) is 1. The number of nitrogens with one attached hydrogen (secondary N) is 2. The van der Waals surface area contributed by atoms with E-state index in [0.717, 1.165) is 0 Å². The smallest absolute Gasteiger partial charge is 0.257 e. The zero-order valence-electron chi connectivity index (χ0n) is 7.29. The maximum atomic E-state index is 11.4. The fourth-order valence-electron chi connectivity index (χ4n) is 1.56. The third-order valence-electron chi connectivity index (χ3n) is 2.12. The number of aliphatic hydroxyl groups excluding tert-OH is 1. The Morgan fingerprint density at radius 3 is 3.15 bits per heavy atom. The SMILES string of the molecule is Cc1nc2c(c(=O)[nH]1)C(O)CNC2. The number of aryl methyl sites for hydroxylation is 1. The second kappa shape index (κ2) is 2.93. The van der Waals surface area contributed by atoms with Crippen LogP contribution in [0.3, 0.4) is 0 Å². The number of H-pyrrole nitrogens is 1. The fraction of sp³-hybridized carbons (Fsp3) is 0.500. The van der Waals surface area contributed by atoms with Gasteiger partial charge in [0.25, 0.3) is 5.56 Å². The van der Waals surface area contributed by atoms with E-state index in [2.05, 4.69) is 15.3 Å². The Morgan fingerprint density at radius 1 is 1.62 bits per heavy atom. The molecule has 1 aliphatic rings. The maximum absolute atomic E-state index is 11.4. The number of aliphatic hydroxyl groups is 1. The summed E-state index contributed by atoms with van der Waals surface area (Å²) in [5.74, 6) is 0.583. The fourth-order valence-corrected chi connectivity index (χ4v) is 1.56. The molecule has 0 saturated heterocycles. The van der Waals surface area contributed by atoms with Crippen LogP contribution in [0.15, 0.2) is 4.79 Å². The molecular weight excluding hydrogens is 170 g/mol. The Bertz CT molecular complexity index is 385. The number of aromatic nitrogens is 2. The number of fused-ring (bicyclic) bond motifs is 1. The predicted octanol–water partition coefficient (Wildman–Crippen LogP) is -0.785. The van der Waals surface area contributed by atoms with Gasteiger partial charge in [-0.05, 0) is 6.92 Å². The highest BCUT2D eigenvalue weighted by atomic mass is 16.3. The van der Waals surface area contributed by atoms with Crippen LogP contribution in [0.25, 0.3) is 0 Å². The van der Waals surface area contributed by atoms with Crippen molar-refractivity contribution in [2.24, 2.45) is 0 Å². The summed E-state index contributed by atoms with van der Waals surface area (Å²) < 4.78 is 0. The molecule has 1 aliphatic heterocycles. The van der Waals surface area contributed by atoms with Crippen LogP contribution in [0.2, 0.25) is 0 Å². The molecule has 0 aromatic carbocycles. The van der Waals surface area contributed by atoms with E-state index in [1.165, 1.54) is 0 Å². The van der Waals surface area contributed by atoms with Crippen LogP contribution < -0.4 is 10.9 Å². The molecule has 0 spiro atoms. The van der Waals surface area contributed by atoms with Gasteiger partial charge >= 0.3 is 0 Å². The standard InChI is InChI=1S/C8H11N3O2/c1-4-10-5-2-9-3-6(12)7(5)8(13)11-4/h6,9,12H,2-3H2,1H3,(H,10,11,13). The van der Waals surface area contributed by atoms with Gasteiger partial charge in [-0.15, -0.1) is 0 Å². The van der Waals surface area contributed by atoms with Crippen LogP contribution in [0, 0.1) is 6.92 Å². The molecule has 1 atom stereocenters. The van der Waals surface area contributed by atoms with Crippen LogP contribution in [-0.4, -0.2) is 21.6 Å². The molecule has 3 N–H and O–H groups in total. The summed E-state index contributed by atoms with van der Waals surface area (Å²) in [6, 6.07) is 0. The Morgan fingerprint density at radius 2 is 2.38 bits per heavy atom. The molecule has 13 heavy (non-hydrogen) atoms. The minimum atomic E-state index is -0.736. The van der Waals surface area contributed by atoms with Crippen LogP contribution in [0.5, 0.6) is 0 Å². The molecule has 0 amide bonds. The van der Waals surface area contributed by atoms with Crippen LogP contribution >= 0.6 is 0 Å². The average Bonchev–Trinajstić information content (AvgIpc) is 2.02. The van der Waals surface area contributed by atoms with E-state index in [-0.39, 0.29) is 5.56 Å². The highest BCUT2D eigenvalue weighted by Crippen LogP contribution is 2.15.